The van der Waals surface area contributed by atoms with Crippen molar-refractivity contribution in [3.05, 3.63) is 0 Å². The van der Waals surface area contributed by atoms with Gasteiger partial charge in [0.2, 0.25) is 0 Å². The van der Waals surface area contributed by atoms with Gasteiger partial charge in [-0.1, -0.05) is 27.8 Å². The van der Waals surface area contributed by atoms with Gasteiger partial charge >= 0.3 is 0 Å². The molecule has 2 aliphatic carbocycles. The molecule has 1 N–H and O–H groups in total. The zero-order valence-electron chi connectivity index (χ0n) is 10.7. The van der Waals surface area contributed by atoms with E-state index in [9.17, 15) is 5.11 Å². The van der Waals surface area contributed by atoms with Crippen LogP contribution in [-0.2, 0) is 4.74 Å². The van der Waals surface area contributed by atoms with Crippen LogP contribution in [0.3, 0.4) is 0 Å². The number of alkyl halides is 1. The van der Waals surface area contributed by atoms with Crippen LogP contribution >= 0.6 is 15.9 Å². The lowest BCUT2D eigenvalue weighted by Gasteiger charge is -2.28. The van der Waals surface area contributed by atoms with Gasteiger partial charge in [0, 0.05) is 18.4 Å². The molecule has 0 spiro atoms. The fraction of sp³-hybridized carbons (Fsp3) is 0.857. The molecule has 2 fully saturated rings. The van der Waals surface area contributed by atoms with Crippen LogP contribution in [0.25, 0.3) is 0 Å². The first-order valence-corrected chi connectivity index (χ1v) is 7.23. The summed E-state index contributed by atoms with van der Waals surface area (Å²) < 4.78 is 5.28. The van der Waals surface area contributed by atoms with Gasteiger partial charge in [-0.2, -0.15) is 0 Å². The first-order chi connectivity index (χ1) is 7.94. The Balaban J connectivity index is 1.91. The van der Waals surface area contributed by atoms with E-state index in [-0.39, 0.29) is 16.5 Å². The third-order valence-electron chi connectivity index (χ3n) is 4.27. The number of aliphatic hydroxyl groups is 1. The Morgan fingerprint density at radius 2 is 2.12 bits per heavy atom. The van der Waals surface area contributed by atoms with E-state index in [1.54, 1.807) is 7.11 Å². The van der Waals surface area contributed by atoms with Crippen molar-refractivity contribution >= 4 is 15.9 Å². The molecule has 5 unspecified atom stereocenters. The third kappa shape index (κ3) is 2.70. The van der Waals surface area contributed by atoms with E-state index in [0.717, 1.165) is 19.3 Å². The van der Waals surface area contributed by atoms with Crippen molar-refractivity contribution in [3.63, 3.8) is 0 Å². The lowest BCUT2D eigenvalue weighted by Crippen LogP contribution is -2.32. The molecule has 0 amide bonds. The summed E-state index contributed by atoms with van der Waals surface area (Å²) in [6.45, 7) is 3.97. The molecule has 2 nitrogen and oxygen atoms in total. The maximum absolute atomic E-state index is 9.90. The fourth-order valence-electron chi connectivity index (χ4n) is 3.06. The molecule has 2 aliphatic rings. The van der Waals surface area contributed by atoms with Crippen LogP contribution < -0.4 is 0 Å². The lowest BCUT2D eigenvalue weighted by atomic mass is 9.85. The Hall–Kier alpha value is -0.0400. The van der Waals surface area contributed by atoms with Crippen molar-refractivity contribution in [1.82, 2.24) is 0 Å². The van der Waals surface area contributed by atoms with E-state index in [2.05, 4.69) is 27.8 Å². The minimum atomic E-state index is -0.342. The summed E-state index contributed by atoms with van der Waals surface area (Å²) in [6, 6.07) is 0. The number of fused-ring (bicyclic) bond motifs is 2. The number of halogens is 1. The smallest absolute Gasteiger partial charge is 0.122 e. The molecule has 2 bridgehead atoms. The summed E-state index contributed by atoms with van der Waals surface area (Å²) in [5.74, 6) is 8.18. The van der Waals surface area contributed by atoms with Crippen molar-refractivity contribution in [1.29, 1.82) is 0 Å². The van der Waals surface area contributed by atoms with E-state index in [0.29, 0.717) is 17.8 Å². The van der Waals surface area contributed by atoms with Crippen LogP contribution in [0.4, 0.5) is 0 Å². The second-order valence-electron chi connectivity index (χ2n) is 5.81. The Labute approximate surface area is 112 Å². The van der Waals surface area contributed by atoms with Crippen LogP contribution in [0.5, 0.6) is 0 Å². The number of rotatable bonds is 2. The Bertz CT molecular complexity index is 340. The maximum atomic E-state index is 9.90. The van der Waals surface area contributed by atoms with E-state index in [4.69, 9.17) is 4.74 Å². The summed E-state index contributed by atoms with van der Waals surface area (Å²) in [5.41, 5.74) is -0.342. The summed E-state index contributed by atoms with van der Waals surface area (Å²) in [4.78, 5) is 0.281. The van der Waals surface area contributed by atoms with Crippen molar-refractivity contribution in [2.24, 2.45) is 17.8 Å². The second-order valence-corrected chi connectivity index (χ2v) is 6.87. The molecule has 2 rings (SSSR count). The van der Waals surface area contributed by atoms with Gasteiger partial charge < -0.3 is 9.84 Å². The molecule has 2 saturated carbocycles. The predicted octanol–water partition coefficient (Wildman–Crippen LogP) is 2.59. The highest BCUT2D eigenvalue weighted by Gasteiger charge is 2.50. The Morgan fingerprint density at radius 3 is 2.65 bits per heavy atom. The molecule has 0 radical (unpaired) electrons. The average Bonchev–Trinajstić information content (AvgIpc) is 2.80. The SMILES string of the molecule is COC(C)(C)C#CCC1CC2CC1C(Br)C2O. The lowest BCUT2D eigenvalue weighted by molar-refractivity contribution is 0.0739. The van der Waals surface area contributed by atoms with E-state index < -0.39 is 0 Å². The molecule has 17 heavy (non-hydrogen) atoms. The Morgan fingerprint density at radius 1 is 1.41 bits per heavy atom. The normalized spacial score (nSPS) is 40.2. The zero-order valence-corrected chi connectivity index (χ0v) is 12.3. The van der Waals surface area contributed by atoms with Crippen molar-refractivity contribution in [2.45, 2.75) is 49.6 Å². The first kappa shape index (κ1) is 13.4. The van der Waals surface area contributed by atoms with Crippen molar-refractivity contribution < 1.29 is 9.84 Å². The van der Waals surface area contributed by atoms with Crippen molar-refractivity contribution in [2.75, 3.05) is 7.11 Å². The van der Waals surface area contributed by atoms with Gasteiger partial charge in [0.25, 0.3) is 0 Å². The Kier molecular flexibility index (Phi) is 3.87. The molecule has 0 aromatic carbocycles. The van der Waals surface area contributed by atoms with Gasteiger partial charge in [-0.25, -0.2) is 0 Å². The topological polar surface area (TPSA) is 29.5 Å². The number of aliphatic hydroxyl groups excluding tert-OH is 1. The molecular weight excluding hydrogens is 280 g/mol. The summed E-state index contributed by atoms with van der Waals surface area (Å²) in [5, 5.41) is 9.90. The highest BCUT2D eigenvalue weighted by Crippen LogP contribution is 2.52. The maximum Gasteiger partial charge on any atom is 0.122 e. The molecule has 0 heterocycles. The number of ether oxygens (including phenoxy) is 1. The molecule has 0 saturated heterocycles. The molecule has 3 heteroatoms. The second kappa shape index (κ2) is 4.91. The predicted molar refractivity (Wildman–Crippen MR) is 71.9 cm³/mol. The van der Waals surface area contributed by atoms with E-state index >= 15 is 0 Å². The number of hydrogen-bond donors (Lipinski definition) is 1. The van der Waals surface area contributed by atoms with Gasteiger partial charge in [0.1, 0.15) is 5.60 Å². The van der Waals surface area contributed by atoms with Gasteiger partial charge in [0.15, 0.2) is 0 Å². The van der Waals surface area contributed by atoms with Crippen LogP contribution in [0.15, 0.2) is 0 Å². The van der Waals surface area contributed by atoms with Gasteiger partial charge in [-0.3, -0.25) is 0 Å². The largest absolute Gasteiger partial charge is 0.392 e. The van der Waals surface area contributed by atoms with Gasteiger partial charge in [0.05, 0.1) is 6.10 Å². The van der Waals surface area contributed by atoms with E-state index in [1.807, 2.05) is 13.8 Å². The molecule has 5 atom stereocenters. The minimum Gasteiger partial charge on any atom is -0.392 e. The quantitative estimate of drug-likeness (QED) is 0.627. The average molecular weight is 301 g/mol. The van der Waals surface area contributed by atoms with Crippen molar-refractivity contribution in [3.8, 4) is 11.8 Å². The fourth-order valence-corrected chi connectivity index (χ4v) is 4.14. The van der Waals surface area contributed by atoms with E-state index in [1.165, 1.54) is 0 Å². The van der Waals surface area contributed by atoms with Crippen LogP contribution in [0.1, 0.15) is 33.1 Å². The van der Waals surface area contributed by atoms with Crippen LogP contribution in [0.2, 0.25) is 0 Å². The highest BCUT2D eigenvalue weighted by molar-refractivity contribution is 9.09. The standard InChI is InChI=1S/C14H21BrO2/c1-14(2,17-3)6-4-5-9-7-10-8-11(9)12(15)13(10)16/h9-13,16H,5,7-8H2,1-3H3. The van der Waals surface area contributed by atoms with Gasteiger partial charge in [-0.15, -0.1) is 0 Å². The van der Waals surface area contributed by atoms with Crippen LogP contribution in [-0.4, -0.2) is 28.7 Å². The molecule has 0 aliphatic heterocycles. The summed E-state index contributed by atoms with van der Waals surface area (Å²) >= 11 is 3.62. The first-order valence-electron chi connectivity index (χ1n) is 6.32. The molecule has 0 aromatic heterocycles. The molecular formula is C14H21BrO2. The third-order valence-corrected chi connectivity index (χ3v) is 5.49. The molecule has 96 valence electrons. The zero-order chi connectivity index (χ0) is 12.6. The molecule has 0 aromatic rings. The summed E-state index contributed by atoms with van der Waals surface area (Å²) in [7, 11) is 1.69. The highest BCUT2D eigenvalue weighted by atomic mass is 79.9. The number of methoxy groups -OCH3 is 1. The summed E-state index contributed by atoms with van der Waals surface area (Å²) in [6.07, 6.45) is 3.09. The van der Waals surface area contributed by atoms with Crippen LogP contribution in [0, 0.1) is 29.6 Å². The monoisotopic (exact) mass is 300 g/mol. The minimum absolute atomic E-state index is 0.139. The van der Waals surface area contributed by atoms with Gasteiger partial charge in [-0.05, 0) is 44.4 Å². The number of hydrogen-bond acceptors (Lipinski definition) is 2.